The molecule has 1 aromatic rings. The van der Waals surface area contributed by atoms with Crippen LogP contribution in [0.15, 0.2) is 10.4 Å². The van der Waals surface area contributed by atoms with Crippen molar-refractivity contribution in [3.8, 4) is 0 Å². The summed E-state index contributed by atoms with van der Waals surface area (Å²) in [5.41, 5.74) is 1.52. The van der Waals surface area contributed by atoms with Gasteiger partial charge in [0.05, 0.1) is 12.2 Å². The third kappa shape index (κ3) is 8.23. The van der Waals surface area contributed by atoms with Gasteiger partial charge in [0.25, 0.3) is 0 Å². The van der Waals surface area contributed by atoms with Crippen molar-refractivity contribution in [3.63, 3.8) is 0 Å². The van der Waals surface area contributed by atoms with Crippen molar-refractivity contribution in [3.05, 3.63) is 16.1 Å². The van der Waals surface area contributed by atoms with E-state index in [9.17, 15) is 0 Å². The van der Waals surface area contributed by atoms with E-state index in [2.05, 4.69) is 48.7 Å². The number of nitrogens with one attached hydrogen (secondary N) is 2. The summed E-state index contributed by atoms with van der Waals surface area (Å²) in [7, 11) is 0. The lowest BCUT2D eigenvalue weighted by Crippen LogP contribution is -2.43. The topological polar surface area (TPSA) is 58.5 Å². The van der Waals surface area contributed by atoms with Crippen LogP contribution in [0.1, 0.15) is 76.4 Å². The monoisotopic (exact) mass is 508 g/mol. The van der Waals surface area contributed by atoms with Crippen LogP contribution in [0.2, 0.25) is 0 Å². The molecule has 156 valence electrons. The molecule has 0 atom stereocenters. The Morgan fingerprint density at radius 3 is 2.63 bits per heavy atom. The number of halogens is 1. The Hall–Kier alpha value is -0.410. The minimum Gasteiger partial charge on any atom is -0.382 e. The van der Waals surface area contributed by atoms with Gasteiger partial charge in [-0.05, 0) is 44.4 Å². The van der Waals surface area contributed by atoms with E-state index in [1.54, 1.807) is 11.3 Å². The van der Waals surface area contributed by atoms with Crippen molar-refractivity contribution in [2.24, 2.45) is 10.4 Å². The van der Waals surface area contributed by atoms with Crippen LogP contribution >= 0.6 is 35.3 Å². The summed E-state index contributed by atoms with van der Waals surface area (Å²) in [6.45, 7) is 12.7. The van der Waals surface area contributed by atoms with Crippen LogP contribution in [0.25, 0.3) is 0 Å². The summed E-state index contributed by atoms with van der Waals surface area (Å²) >= 11 is 1.70. The zero-order chi connectivity index (χ0) is 18.8. The number of aliphatic imine (C=N–C) groups is 1. The molecule has 1 aromatic heterocycles. The van der Waals surface area contributed by atoms with Crippen molar-refractivity contribution in [2.45, 2.75) is 72.3 Å². The summed E-state index contributed by atoms with van der Waals surface area (Å²) in [5.74, 6) is 1.37. The zero-order valence-corrected chi connectivity index (χ0v) is 20.5. The predicted octanol–water partition coefficient (Wildman–Crippen LogP) is 4.93. The molecule has 1 heterocycles. The minimum atomic E-state index is 0. The highest BCUT2D eigenvalue weighted by molar-refractivity contribution is 14.0. The first-order chi connectivity index (χ1) is 12.6. The van der Waals surface area contributed by atoms with Gasteiger partial charge in [0.1, 0.15) is 5.01 Å². The molecule has 0 unspecified atom stereocenters. The molecule has 0 radical (unpaired) electrons. The SMILES string of the molecule is CCNC(=NCc1nc(C(C)C)cs1)NCC1(CCOCC)CCCC1.I. The van der Waals surface area contributed by atoms with Gasteiger partial charge in [-0.15, -0.1) is 35.3 Å². The van der Waals surface area contributed by atoms with Crippen LogP contribution in [-0.4, -0.2) is 37.2 Å². The molecule has 0 spiro atoms. The van der Waals surface area contributed by atoms with E-state index in [-0.39, 0.29) is 24.0 Å². The first-order valence-electron chi connectivity index (χ1n) is 10.1. The highest BCUT2D eigenvalue weighted by atomic mass is 127. The summed E-state index contributed by atoms with van der Waals surface area (Å²) in [5, 5.41) is 10.2. The summed E-state index contributed by atoms with van der Waals surface area (Å²) < 4.78 is 5.62. The van der Waals surface area contributed by atoms with Crippen molar-refractivity contribution < 1.29 is 4.74 Å². The number of nitrogens with zero attached hydrogens (tertiary/aromatic N) is 2. The summed E-state index contributed by atoms with van der Waals surface area (Å²) in [6, 6.07) is 0. The molecule has 1 aliphatic carbocycles. The predicted molar refractivity (Wildman–Crippen MR) is 126 cm³/mol. The third-order valence-electron chi connectivity index (χ3n) is 5.15. The molecule has 0 saturated heterocycles. The van der Waals surface area contributed by atoms with Crippen LogP contribution in [0.4, 0.5) is 0 Å². The molecular formula is C20H37IN4OS. The Morgan fingerprint density at radius 1 is 1.30 bits per heavy atom. The lowest BCUT2D eigenvalue weighted by atomic mass is 9.83. The Bertz CT molecular complexity index is 556. The Kier molecular flexibility index (Phi) is 11.8. The number of thiazole rings is 1. The fourth-order valence-electron chi connectivity index (χ4n) is 3.50. The molecule has 2 N–H and O–H groups in total. The number of hydrogen-bond acceptors (Lipinski definition) is 4. The largest absolute Gasteiger partial charge is 0.382 e. The summed E-state index contributed by atoms with van der Waals surface area (Å²) in [6.07, 6.45) is 6.38. The first kappa shape index (κ1) is 24.6. The van der Waals surface area contributed by atoms with Crippen LogP contribution < -0.4 is 10.6 Å². The minimum absolute atomic E-state index is 0. The number of guanidine groups is 1. The lowest BCUT2D eigenvalue weighted by molar-refractivity contribution is 0.105. The second-order valence-electron chi connectivity index (χ2n) is 7.52. The van der Waals surface area contributed by atoms with Gasteiger partial charge in [-0.3, -0.25) is 0 Å². The molecule has 0 aromatic carbocycles. The second kappa shape index (κ2) is 12.9. The quantitative estimate of drug-likeness (QED) is 0.204. The Balaban J connectivity index is 0.00000364. The van der Waals surface area contributed by atoms with Crippen molar-refractivity contribution in [1.82, 2.24) is 15.6 Å². The van der Waals surface area contributed by atoms with Crippen molar-refractivity contribution >= 4 is 41.3 Å². The van der Waals surface area contributed by atoms with E-state index in [0.717, 1.165) is 43.7 Å². The maximum absolute atomic E-state index is 5.62. The molecule has 1 aliphatic rings. The van der Waals surface area contributed by atoms with Crippen LogP contribution in [0, 0.1) is 5.41 Å². The molecule has 27 heavy (non-hydrogen) atoms. The highest BCUT2D eigenvalue weighted by Crippen LogP contribution is 2.40. The fourth-order valence-corrected chi connectivity index (χ4v) is 4.37. The third-order valence-corrected chi connectivity index (χ3v) is 6.01. The zero-order valence-electron chi connectivity index (χ0n) is 17.3. The van der Waals surface area contributed by atoms with E-state index >= 15 is 0 Å². The molecule has 5 nitrogen and oxygen atoms in total. The van der Waals surface area contributed by atoms with Gasteiger partial charge >= 0.3 is 0 Å². The molecule has 1 fully saturated rings. The summed E-state index contributed by atoms with van der Waals surface area (Å²) in [4.78, 5) is 9.44. The highest BCUT2D eigenvalue weighted by Gasteiger charge is 2.33. The van der Waals surface area contributed by atoms with E-state index in [1.165, 1.54) is 31.4 Å². The maximum Gasteiger partial charge on any atom is 0.191 e. The number of hydrogen-bond donors (Lipinski definition) is 2. The van der Waals surface area contributed by atoms with E-state index in [4.69, 9.17) is 9.73 Å². The number of rotatable bonds is 10. The molecular weight excluding hydrogens is 471 g/mol. The van der Waals surface area contributed by atoms with Crippen molar-refractivity contribution in [1.29, 1.82) is 0 Å². The average molecular weight is 509 g/mol. The van der Waals surface area contributed by atoms with Gasteiger partial charge in [-0.1, -0.05) is 26.7 Å². The van der Waals surface area contributed by atoms with E-state index in [1.807, 2.05) is 0 Å². The Labute approximate surface area is 186 Å². The molecule has 7 heteroatoms. The standard InChI is InChI=1S/C20H36N4OS.HI/c1-5-21-19(22-13-18-24-17(14-26-18)16(3)4)23-15-20(9-7-8-10-20)11-12-25-6-2;/h14,16H,5-13,15H2,1-4H3,(H2,21,22,23);1H. The van der Waals surface area contributed by atoms with Gasteiger partial charge in [0.15, 0.2) is 5.96 Å². The fraction of sp³-hybridized carbons (Fsp3) is 0.800. The van der Waals surface area contributed by atoms with Crippen LogP contribution in [0.3, 0.4) is 0 Å². The van der Waals surface area contributed by atoms with Gasteiger partial charge in [0, 0.05) is 31.7 Å². The van der Waals surface area contributed by atoms with Gasteiger partial charge in [-0.25, -0.2) is 9.98 Å². The smallest absolute Gasteiger partial charge is 0.191 e. The van der Waals surface area contributed by atoms with E-state index < -0.39 is 0 Å². The maximum atomic E-state index is 5.62. The van der Waals surface area contributed by atoms with E-state index in [0.29, 0.717) is 17.9 Å². The number of ether oxygens (including phenoxy) is 1. The van der Waals surface area contributed by atoms with Gasteiger partial charge in [-0.2, -0.15) is 0 Å². The molecule has 0 bridgehead atoms. The van der Waals surface area contributed by atoms with Crippen LogP contribution in [0.5, 0.6) is 0 Å². The molecule has 0 amide bonds. The average Bonchev–Trinajstić information content (AvgIpc) is 3.28. The van der Waals surface area contributed by atoms with Crippen molar-refractivity contribution in [2.75, 3.05) is 26.3 Å². The van der Waals surface area contributed by atoms with Crippen LogP contribution in [-0.2, 0) is 11.3 Å². The van der Waals surface area contributed by atoms with Gasteiger partial charge in [0.2, 0.25) is 0 Å². The molecule has 1 saturated carbocycles. The number of aromatic nitrogens is 1. The first-order valence-corrected chi connectivity index (χ1v) is 11.0. The second-order valence-corrected chi connectivity index (χ2v) is 8.47. The lowest BCUT2D eigenvalue weighted by Gasteiger charge is -2.30. The van der Waals surface area contributed by atoms with Gasteiger partial charge < -0.3 is 15.4 Å². The molecule has 2 rings (SSSR count). The normalized spacial score (nSPS) is 16.4. The Morgan fingerprint density at radius 2 is 2.04 bits per heavy atom. The molecule has 0 aliphatic heterocycles.